The Kier molecular flexibility index (Phi) is 5.63. The lowest BCUT2D eigenvalue weighted by Gasteiger charge is -2.29. The van der Waals surface area contributed by atoms with Crippen molar-refractivity contribution in [3.05, 3.63) is 34.9 Å². The number of hydrogen-bond donors (Lipinski definition) is 2. The topological polar surface area (TPSA) is 55.1 Å². The molecule has 3 nitrogen and oxygen atoms in total. The second kappa shape index (κ2) is 7.28. The van der Waals surface area contributed by atoms with E-state index in [0.717, 1.165) is 25.7 Å². The van der Waals surface area contributed by atoms with Crippen molar-refractivity contribution in [1.29, 1.82) is 0 Å². The molecule has 3 atom stereocenters. The molecule has 122 valence electrons. The molecule has 1 aromatic rings. The van der Waals surface area contributed by atoms with Gasteiger partial charge in [-0.1, -0.05) is 52.3 Å². The Labute approximate surface area is 134 Å². The van der Waals surface area contributed by atoms with Crippen LogP contribution in [0, 0.1) is 11.8 Å². The molecule has 1 aromatic carbocycles. The summed E-state index contributed by atoms with van der Waals surface area (Å²) in [5.74, 6) is 0.621. The Morgan fingerprint density at radius 2 is 2.09 bits per heavy atom. The molecule has 1 aliphatic carbocycles. The minimum Gasteiger partial charge on any atom is -0.349 e. The van der Waals surface area contributed by atoms with Crippen LogP contribution in [0.15, 0.2) is 18.2 Å². The Morgan fingerprint density at radius 3 is 2.73 bits per heavy atom. The molecule has 0 spiro atoms. The van der Waals surface area contributed by atoms with E-state index in [0.29, 0.717) is 5.92 Å². The molecule has 3 unspecified atom stereocenters. The summed E-state index contributed by atoms with van der Waals surface area (Å²) in [4.78, 5) is 12.1. The lowest BCUT2D eigenvalue weighted by molar-refractivity contribution is -0.124. The van der Waals surface area contributed by atoms with Gasteiger partial charge in [0, 0.05) is 12.0 Å². The smallest absolute Gasteiger partial charge is 0.223 e. The third kappa shape index (κ3) is 3.70. The van der Waals surface area contributed by atoms with Gasteiger partial charge < -0.3 is 11.1 Å². The number of hydrogen-bond acceptors (Lipinski definition) is 2. The monoisotopic (exact) mass is 302 g/mol. The third-order valence-corrected chi connectivity index (χ3v) is 4.97. The van der Waals surface area contributed by atoms with Crippen LogP contribution in [0.5, 0.6) is 0 Å². The van der Waals surface area contributed by atoms with Gasteiger partial charge in [-0.15, -0.1) is 0 Å². The SMILES string of the molecule is CCC(C)C(N)c1ccc2c(c1)C(NC(=O)C(C)C)CCC2. The van der Waals surface area contributed by atoms with Gasteiger partial charge in [-0.3, -0.25) is 4.79 Å². The van der Waals surface area contributed by atoms with Crippen molar-refractivity contribution in [2.75, 3.05) is 0 Å². The molecule has 0 radical (unpaired) electrons. The predicted octanol–water partition coefficient (Wildman–Crippen LogP) is 3.88. The fraction of sp³-hybridized carbons (Fsp3) is 0.632. The second-order valence-corrected chi connectivity index (χ2v) is 6.98. The summed E-state index contributed by atoms with van der Waals surface area (Å²) < 4.78 is 0. The number of carbonyl (C=O) groups is 1. The number of rotatable bonds is 5. The average Bonchev–Trinajstić information content (AvgIpc) is 2.53. The first kappa shape index (κ1) is 17.0. The van der Waals surface area contributed by atoms with Gasteiger partial charge in [0.25, 0.3) is 0 Å². The summed E-state index contributed by atoms with van der Waals surface area (Å²) in [6, 6.07) is 6.82. The largest absolute Gasteiger partial charge is 0.349 e. The Morgan fingerprint density at radius 1 is 1.36 bits per heavy atom. The molecule has 0 fully saturated rings. The van der Waals surface area contributed by atoms with E-state index in [9.17, 15) is 4.79 Å². The predicted molar refractivity (Wildman–Crippen MR) is 91.5 cm³/mol. The van der Waals surface area contributed by atoms with Gasteiger partial charge in [0.2, 0.25) is 5.91 Å². The van der Waals surface area contributed by atoms with Crippen LogP contribution in [0.2, 0.25) is 0 Å². The van der Waals surface area contributed by atoms with Crippen molar-refractivity contribution in [3.63, 3.8) is 0 Å². The molecular weight excluding hydrogens is 272 g/mol. The zero-order valence-corrected chi connectivity index (χ0v) is 14.4. The fourth-order valence-electron chi connectivity index (χ4n) is 3.10. The summed E-state index contributed by atoms with van der Waals surface area (Å²) in [6.07, 6.45) is 4.33. The van der Waals surface area contributed by atoms with Crippen LogP contribution in [0.4, 0.5) is 0 Å². The van der Waals surface area contributed by atoms with Gasteiger partial charge in [-0.05, 0) is 41.9 Å². The first-order valence-corrected chi connectivity index (χ1v) is 8.62. The van der Waals surface area contributed by atoms with Crippen molar-refractivity contribution in [1.82, 2.24) is 5.32 Å². The van der Waals surface area contributed by atoms with Gasteiger partial charge in [0.15, 0.2) is 0 Å². The Hall–Kier alpha value is -1.35. The first-order valence-electron chi connectivity index (χ1n) is 8.62. The summed E-state index contributed by atoms with van der Waals surface area (Å²) >= 11 is 0. The molecule has 3 heteroatoms. The number of amides is 1. The van der Waals surface area contributed by atoms with Crippen LogP contribution in [0.3, 0.4) is 0 Å². The molecule has 0 saturated carbocycles. The average molecular weight is 302 g/mol. The maximum atomic E-state index is 12.1. The van der Waals surface area contributed by atoms with E-state index < -0.39 is 0 Å². The van der Waals surface area contributed by atoms with Crippen molar-refractivity contribution in [2.45, 2.75) is 65.5 Å². The van der Waals surface area contributed by atoms with Gasteiger partial charge in [-0.25, -0.2) is 0 Å². The van der Waals surface area contributed by atoms with E-state index in [4.69, 9.17) is 5.73 Å². The van der Waals surface area contributed by atoms with Crippen LogP contribution < -0.4 is 11.1 Å². The fourth-order valence-corrected chi connectivity index (χ4v) is 3.10. The maximum absolute atomic E-state index is 12.1. The quantitative estimate of drug-likeness (QED) is 0.867. The number of aryl methyl sites for hydroxylation is 1. The number of benzene rings is 1. The summed E-state index contributed by atoms with van der Waals surface area (Å²) in [5, 5.41) is 3.20. The van der Waals surface area contributed by atoms with Gasteiger partial charge >= 0.3 is 0 Å². The van der Waals surface area contributed by atoms with E-state index in [-0.39, 0.29) is 23.9 Å². The summed E-state index contributed by atoms with van der Waals surface area (Å²) in [5.41, 5.74) is 10.2. The van der Waals surface area contributed by atoms with Crippen LogP contribution in [0.25, 0.3) is 0 Å². The van der Waals surface area contributed by atoms with E-state index in [1.165, 1.54) is 16.7 Å². The number of nitrogens with two attached hydrogens (primary N) is 1. The zero-order valence-electron chi connectivity index (χ0n) is 14.4. The highest BCUT2D eigenvalue weighted by Crippen LogP contribution is 2.33. The molecule has 0 bridgehead atoms. The van der Waals surface area contributed by atoms with E-state index in [2.05, 4.69) is 37.4 Å². The van der Waals surface area contributed by atoms with Crippen molar-refractivity contribution in [3.8, 4) is 0 Å². The highest BCUT2D eigenvalue weighted by molar-refractivity contribution is 5.78. The molecular formula is C19H30N2O. The second-order valence-electron chi connectivity index (χ2n) is 6.98. The summed E-state index contributed by atoms with van der Waals surface area (Å²) in [7, 11) is 0. The highest BCUT2D eigenvalue weighted by Gasteiger charge is 2.24. The third-order valence-electron chi connectivity index (χ3n) is 4.97. The number of carbonyl (C=O) groups excluding carboxylic acids is 1. The minimum atomic E-state index is 0.0240. The lowest BCUT2D eigenvalue weighted by Crippen LogP contribution is -2.34. The van der Waals surface area contributed by atoms with Crippen molar-refractivity contribution >= 4 is 5.91 Å². The molecule has 0 saturated heterocycles. The van der Waals surface area contributed by atoms with Gasteiger partial charge in [-0.2, -0.15) is 0 Å². The normalized spacial score (nSPS) is 20.4. The van der Waals surface area contributed by atoms with E-state index >= 15 is 0 Å². The van der Waals surface area contributed by atoms with Crippen molar-refractivity contribution < 1.29 is 4.79 Å². The Balaban J connectivity index is 2.26. The molecule has 22 heavy (non-hydrogen) atoms. The van der Waals surface area contributed by atoms with Gasteiger partial charge in [0.1, 0.15) is 0 Å². The molecule has 0 aromatic heterocycles. The van der Waals surface area contributed by atoms with Crippen LogP contribution in [0.1, 0.15) is 75.7 Å². The van der Waals surface area contributed by atoms with Crippen LogP contribution >= 0.6 is 0 Å². The van der Waals surface area contributed by atoms with E-state index in [1.54, 1.807) is 0 Å². The van der Waals surface area contributed by atoms with Gasteiger partial charge in [0.05, 0.1) is 6.04 Å². The maximum Gasteiger partial charge on any atom is 0.223 e. The van der Waals surface area contributed by atoms with E-state index in [1.807, 2.05) is 13.8 Å². The lowest BCUT2D eigenvalue weighted by atomic mass is 9.83. The van der Waals surface area contributed by atoms with Crippen LogP contribution in [-0.2, 0) is 11.2 Å². The molecule has 3 N–H and O–H groups in total. The highest BCUT2D eigenvalue weighted by atomic mass is 16.1. The number of fused-ring (bicyclic) bond motifs is 1. The van der Waals surface area contributed by atoms with Crippen molar-refractivity contribution in [2.24, 2.45) is 17.6 Å². The van der Waals surface area contributed by atoms with Crippen LogP contribution in [-0.4, -0.2) is 5.91 Å². The summed E-state index contributed by atoms with van der Waals surface area (Å²) in [6.45, 7) is 8.25. The Bertz CT molecular complexity index is 524. The molecule has 1 aliphatic rings. The molecule has 1 amide bonds. The number of nitrogens with one attached hydrogen (secondary N) is 1. The molecule has 0 aliphatic heterocycles. The molecule has 2 rings (SSSR count). The first-order chi connectivity index (χ1) is 10.4. The minimum absolute atomic E-state index is 0.0240. The molecule has 0 heterocycles. The standard InChI is InChI=1S/C19H30N2O/c1-5-13(4)18(20)15-10-9-14-7-6-8-17(16(14)11-15)21-19(22)12(2)3/h9-13,17-18H,5-8,20H2,1-4H3,(H,21,22). The zero-order chi connectivity index (χ0) is 16.3.